The van der Waals surface area contributed by atoms with E-state index in [1.54, 1.807) is 0 Å². The predicted molar refractivity (Wildman–Crippen MR) is 46.6 cm³/mol. The highest BCUT2D eigenvalue weighted by Crippen LogP contribution is 2.19. The second-order valence-electron chi connectivity index (χ2n) is 3.96. The van der Waals surface area contributed by atoms with Crippen LogP contribution in [0.4, 0.5) is 0 Å². The van der Waals surface area contributed by atoms with Crippen molar-refractivity contribution in [3.8, 4) is 0 Å². The van der Waals surface area contributed by atoms with Crippen molar-refractivity contribution in [1.82, 2.24) is 9.55 Å². The Labute approximate surface area is 81.4 Å². The lowest BCUT2D eigenvalue weighted by Gasteiger charge is -2.18. The smallest absolute Gasteiger partial charge is 0.279 e. The number of nitrogens with zero attached hydrogens (tertiary/aromatic N) is 2. The highest BCUT2D eigenvalue weighted by Gasteiger charge is 2.22. The summed E-state index contributed by atoms with van der Waals surface area (Å²) in [6.45, 7) is 5.52. The Bertz CT molecular complexity index is 374. The molecule has 0 bridgehead atoms. The zero-order chi connectivity index (χ0) is 10.9. The number of aromatic nitrogens is 2. The second kappa shape index (κ2) is 3.25. The molecule has 1 aromatic rings. The van der Waals surface area contributed by atoms with E-state index < -0.39 is 11.9 Å². The van der Waals surface area contributed by atoms with Crippen molar-refractivity contribution in [1.29, 1.82) is 0 Å². The van der Waals surface area contributed by atoms with Gasteiger partial charge in [0.1, 0.15) is 11.8 Å². The van der Waals surface area contributed by atoms with Crippen molar-refractivity contribution in [2.45, 2.75) is 26.2 Å². The van der Waals surface area contributed by atoms with Gasteiger partial charge in [-0.1, -0.05) is 20.8 Å². The molecule has 0 fully saturated rings. The predicted octanol–water partition coefficient (Wildman–Crippen LogP) is -0.429. The topological polar surface area (TPSA) is 75.0 Å². The maximum absolute atomic E-state index is 11.1. The van der Waals surface area contributed by atoms with E-state index in [-0.39, 0.29) is 5.41 Å². The first-order valence-corrected chi connectivity index (χ1v) is 4.13. The summed E-state index contributed by atoms with van der Waals surface area (Å²) in [6, 6.07) is 0. The summed E-state index contributed by atoms with van der Waals surface area (Å²) in [5.41, 5.74) is -0.380. The fourth-order valence-electron chi connectivity index (χ4n) is 1.12. The first-order valence-electron chi connectivity index (χ1n) is 4.13. The van der Waals surface area contributed by atoms with Crippen molar-refractivity contribution < 1.29 is 14.7 Å². The molecule has 0 atom stereocenters. The summed E-state index contributed by atoms with van der Waals surface area (Å²) in [5.74, 6) is -2.41. The van der Waals surface area contributed by atoms with Gasteiger partial charge < -0.3 is 9.90 Å². The summed E-state index contributed by atoms with van der Waals surface area (Å²) in [7, 11) is 0. The number of rotatable bonds is 0. The van der Waals surface area contributed by atoms with Gasteiger partial charge in [0.25, 0.3) is 5.91 Å². The van der Waals surface area contributed by atoms with Crippen LogP contribution >= 0.6 is 0 Å². The first kappa shape index (κ1) is 10.4. The quantitative estimate of drug-likeness (QED) is 0.526. The lowest BCUT2D eigenvalue weighted by atomic mass is 9.96. The number of carbonyl (C=O) groups is 2. The molecule has 0 N–H and O–H groups in total. The van der Waals surface area contributed by atoms with E-state index in [1.165, 1.54) is 12.4 Å². The first-order chi connectivity index (χ1) is 6.34. The maximum atomic E-state index is 11.1. The van der Waals surface area contributed by atoms with Crippen LogP contribution in [0.3, 0.4) is 0 Å². The molecule has 0 aliphatic carbocycles. The number of aliphatic carboxylic acids is 1. The molecule has 76 valence electrons. The highest BCUT2D eigenvalue weighted by molar-refractivity contribution is 6.31. The van der Waals surface area contributed by atoms with Gasteiger partial charge in [0.15, 0.2) is 0 Å². The molecule has 0 spiro atoms. The Kier molecular flexibility index (Phi) is 2.42. The van der Waals surface area contributed by atoms with Gasteiger partial charge in [0.05, 0.1) is 0 Å². The van der Waals surface area contributed by atoms with Gasteiger partial charge in [-0.3, -0.25) is 9.36 Å². The van der Waals surface area contributed by atoms with Gasteiger partial charge in [0.2, 0.25) is 0 Å². The van der Waals surface area contributed by atoms with Gasteiger partial charge in [-0.05, 0) is 0 Å². The van der Waals surface area contributed by atoms with Crippen molar-refractivity contribution >= 4 is 11.9 Å². The Balaban J connectivity index is 3.18. The minimum absolute atomic E-state index is 0.380. The van der Waals surface area contributed by atoms with Crippen LogP contribution in [0, 0.1) is 0 Å². The molecule has 0 saturated heterocycles. The summed E-state index contributed by atoms with van der Waals surface area (Å²) < 4.78 is 0.995. The maximum Gasteiger partial charge on any atom is 0.279 e. The number of carboxylic acid groups (broad SMARTS) is 1. The number of carboxylic acids is 1. The molecule has 14 heavy (non-hydrogen) atoms. The molecule has 1 rings (SSSR count). The van der Waals surface area contributed by atoms with E-state index in [1.807, 2.05) is 20.8 Å². The summed E-state index contributed by atoms with van der Waals surface area (Å²) in [4.78, 5) is 25.4. The monoisotopic (exact) mass is 195 g/mol. The Hall–Kier alpha value is -1.65. The fourth-order valence-corrected chi connectivity index (χ4v) is 1.12. The van der Waals surface area contributed by atoms with Crippen molar-refractivity contribution in [2.75, 3.05) is 0 Å². The van der Waals surface area contributed by atoms with Crippen LogP contribution in [0.15, 0.2) is 12.4 Å². The van der Waals surface area contributed by atoms with Gasteiger partial charge >= 0.3 is 0 Å². The minimum Gasteiger partial charge on any atom is -0.540 e. The van der Waals surface area contributed by atoms with Crippen LogP contribution in [0.2, 0.25) is 0 Å². The number of hydrogen-bond donors (Lipinski definition) is 0. The lowest BCUT2D eigenvalue weighted by molar-refractivity contribution is -0.296. The Morgan fingerprint density at radius 1 is 1.43 bits per heavy atom. The van der Waals surface area contributed by atoms with Gasteiger partial charge in [-0.2, -0.15) is 0 Å². The van der Waals surface area contributed by atoms with Gasteiger partial charge in [0, 0.05) is 17.8 Å². The van der Waals surface area contributed by atoms with E-state index in [0.717, 1.165) is 4.57 Å². The van der Waals surface area contributed by atoms with Crippen LogP contribution < -0.4 is 5.11 Å². The van der Waals surface area contributed by atoms with Gasteiger partial charge in [-0.15, -0.1) is 0 Å². The fraction of sp³-hybridized carbons (Fsp3) is 0.444. The van der Waals surface area contributed by atoms with E-state index in [4.69, 9.17) is 0 Å². The van der Waals surface area contributed by atoms with E-state index in [2.05, 4.69) is 4.98 Å². The number of hydrogen-bond acceptors (Lipinski definition) is 4. The van der Waals surface area contributed by atoms with Crippen LogP contribution in [-0.4, -0.2) is 21.4 Å². The van der Waals surface area contributed by atoms with E-state index in [0.29, 0.717) is 5.82 Å². The zero-order valence-electron chi connectivity index (χ0n) is 8.27. The molecule has 0 aromatic carbocycles. The standard InChI is InChI=1S/C9H12N2O3/c1-9(2,3)8-10-4-5-11(8)6(12)7(13)14/h4-5H,1-3H3,(H,13,14)/p-1. The molecule has 5 nitrogen and oxygen atoms in total. The minimum atomic E-state index is -1.73. The average molecular weight is 195 g/mol. The molecular formula is C9H11N2O3-. The molecule has 5 heteroatoms. The molecule has 1 heterocycles. The van der Waals surface area contributed by atoms with E-state index >= 15 is 0 Å². The number of imidazole rings is 1. The van der Waals surface area contributed by atoms with Crippen LogP contribution in [0.1, 0.15) is 31.4 Å². The van der Waals surface area contributed by atoms with Crippen LogP contribution in [0.25, 0.3) is 0 Å². The van der Waals surface area contributed by atoms with Crippen molar-refractivity contribution in [3.63, 3.8) is 0 Å². The van der Waals surface area contributed by atoms with Crippen molar-refractivity contribution in [3.05, 3.63) is 18.2 Å². The molecular weight excluding hydrogens is 184 g/mol. The normalized spacial score (nSPS) is 11.4. The van der Waals surface area contributed by atoms with Crippen LogP contribution in [0.5, 0.6) is 0 Å². The Morgan fingerprint density at radius 3 is 2.43 bits per heavy atom. The third-order valence-electron chi connectivity index (χ3n) is 1.70. The Morgan fingerprint density at radius 2 is 2.00 bits per heavy atom. The summed E-state index contributed by atoms with van der Waals surface area (Å²) in [5, 5.41) is 10.4. The molecule has 1 aromatic heterocycles. The van der Waals surface area contributed by atoms with Crippen molar-refractivity contribution in [2.24, 2.45) is 0 Å². The van der Waals surface area contributed by atoms with Gasteiger partial charge in [-0.25, -0.2) is 4.98 Å². The molecule has 0 aliphatic rings. The van der Waals surface area contributed by atoms with Crippen LogP contribution in [-0.2, 0) is 10.2 Å². The second-order valence-corrected chi connectivity index (χ2v) is 3.96. The molecule has 0 amide bonds. The zero-order valence-corrected chi connectivity index (χ0v) is 8.27. The lowest BCUT2D eigenvalue weighted by Crippen LogP contribution is -2.37. The molecule has 0 aliphatic heterocycles. The number of carbonyl (C=O) groups excluding carboxylic acids is 2. The molecule has 0 radical (unpaired) electrons. The SMILES string of the molecule is CC(C)(C)c1nccn1C(=O)C(=O)[O-]. The summed E-state index contributed by atoms with van der Waals surface area (Å²) in [6.07, 6.45) is 2.71. The summed E-state index contributed by atoms with van der Waals surface area (Å²) >= 11 is 0. The molecule has 0 saturated carbocycles. The van der Waals surface area contributed by atoms with E-state index in [9.17, 15) is 14.7 Å². The largest absolute Gasteiger partial charge is 0.540 e. The third-order valence-corrected chi connectivity index (χ3v) is 1.70. The third kappa shape index (κ3) is 1.81. The molecule has 0 unspecified atom stereocenters. The highest BCUT2D eigenvalue weighted by atomic mass is 16.4. The average Bonchev–Trinajstić information content (AvgIpc) is 2.48.